The van der Waals surface area contributed by atoms with Crippen LogP contribution in [0.2, 0.25) is 0 Å². The number of halogens is 3. The zero-order chi connectivity index (χ0) is 18.2. The molecule has 25 heavy (non-hydrogen) atoms. The summed E-state index contributed by atoms with van der Waals surface area (Å²) in [7, 11) is 0. The topological polar surface area (TPSA) is 96.9 Å². The van der Waals surface area contributed by atoms with Crippen molar-refractivity contribution in [2.45, 2.75) is 19.5 Å². The maximum Gasteiger partial charge on any atom is 0.433 e. The number of alkyl halides is 3. The van der Waals surface area contributed by atoms with Gasteiger partial charge in [0.2, 0.25) is 0 Å². The number of aryl methyl sites for hydroxylation is 1. The molecule has 7 nitrogen and oxygen atoms in total. The van der Waals surface area contributed by atoms with Gasteiger partial charge in [-0.1, -0.05) is 0 Å². The molecule has 132 valence electrons. The highest BCUT2D eigenvalue weighted by Gasteiger charge is 2.34. The van der Waals surface area contributed by atoms with Gasteiger partial charge in [-0.15, -0.1) is 0 Å². The molecule has 3 aromatic rings. The minimum Gasteiger partial charge on any atom is -0.463 e. The van der Waals surface area contributed by atoms with Gasteiger partial charge in [-0.05, 0) is 25.1 Å². The van der Waals surface area contributed by atoms with E-state index in [0.717, 1.165) is 10.7 Å². The average molecular weight is 354 g/mol. The maximum absolute atomic E-state index is 13.2. The highest BCUT2D eigenvalue weighted by atomic mass is 19.4. The van der Waals surface area contributed by atoms with Gasteiger partial charge in [0.05, 0.1) is 6.26 Å². The Labute approximate surface area is 138 Å². The Bertz CT molecular complexity index is 942. The number of nitrogens with one attached hydrogen (secondary N) is 1. The number of hydrogen-bond donors (Lipinski definition) is 2. The Morgan fingerprint density at radius 1 is 1.36 bits per heavy atom. The smallest absolute Gasteiger partial charge is 0.433 e. The Morgan fingerprint density at radius 2 is 2.12 bits per heavy atom. The Kier molecular flexibility index (Phi) is 4.21. The van der Waals surface area contributed by atoms with Gasteiger partial charge in [0.25, 0.3) is 11.5 Å². The molecule has 0 atom stereocenters. The monoisotopic (exact) mass is 354 g/mol. The highest BCUT2D eigenvalue weighted by Crippen LogP contribution is 2.30. The van der Waals surface area contributed by atoms with E-state index in [0.29, 0.717) is 5.69 Å². The molecule has 0 aliphatic heterocycles. The van der Waals surface area contributed by atoms with Crippen LogP contribution < -0.4 is 5.56 Å². The van der Waals surface area contributed by atoms with Crippen LogP contribution in [-0.4, -0.2) is 31.5 Å². The fourth-order valence-electron chi connectivity index (χ4n) is 2.36. The van der Waals surface area contributed by atoms with Crippen LogP contribution in [-0.2, 0) is 12.6 Å². The van der Waals surface area contributed by atoms with Gasteiger partial charge < -0.3 is 9.52 Å². The summed E-state index contributed by atoms with van der Waals surface area (Å²) in [5.74, 6) is -0.348. The van der Waals surface area contributed by atoms with Gasteiger partial charge in [0.15, 0.2) is 11.5 Å². The largest absolute Gasteiger partial charge is 0.463 e. The van der Waals surface area contributed by atoms with Gasteiger partial charge in [-0.3, -0.25) is 9.89 Å². The SMILES string of the molecule is Cc1[nH]n(-c2nc(-c3ccco3)cc(C(F)(F)F)n2)c(=O)c1CCO. The van der Waals surface area contributed by atoms with Crippen molar-refractivity contribution in [1.29, 1.82) is 0 Å². The maximum atomic E-state index is 13.2. The summed E-state index contributed by atoms with van der Waals surface area (Å²) in [6.07, 6.45) is -3.36. The van der Waals surface area contributed by atoms with Crippen LogP contribution in [0.25, 0.3) is 17.4 Å². The standard InChI is InChI=1S/C15H13F3N4O3/c1-8-9(4-5-23)13(24)22(21-8)14-19-10(11-3-2-6-25-11)7-12(20-14)15(16,17)18/h2-3,6-7,21,23H,4-5H2,1H3. The van der Waals surface area contributed by atoms with Crippen LogP contribution in [0.3, 0.4) is 0 Å². The second-order valence-electron chi connectivity index (χ2n) is 5.24. The minimum absolute atomic E-state index is 0.0676. The summed E-state index contributed by atoms with van der Waals surface area (Å²) in [6, 6.07) is 3.71. The summed E-state index contributed by atoms with van der Waals surface area (Å²) in [6.45, 7) is 1.30. The number of furan rings is 1. The van der Waals surface area contributed by atoms with Gasteiger partial charge in [0.1, 0.15) is 5.69 Å². The van der Waals surface area contributed by atoms with Crippen LogP contribution >= 0.6 is 0 Å². The lowest BCUT2D eigenvalue weighted by atomic mass is 10.2. The van der Waals surface area contributed by atoms with Crippen LogP contribution in [0.4, 0.5) is 13.2 Å². The molecule has 3 rings (SSSR count). The van der Waals surface area contributed by atoms with E-state index >= 15 is 0 Å². The van der Waals surface area contributed by atoms with Crippen molar-refractivity contribution in [3.05, 3.63) is 51.8 Å². The highest BCUT2D eigenvalue weighted by molar-refractivity contribution is 5.53. The van der Waals surface area contributed by atoms with Crippen molar-refractivity contribution in [2.75, 3.05) is 6.61 Å². The molecule has 0 amide bonds. The zero-order valence-electron chi connectivity index (χ0n) is 13.0. The molecule has 0 saturated carbocycles. The van der Waals surface area contributed by atoms with E-state index in [1.807, 2.05) is 0 Å². The number of aromatic amines is 1. The first-order chi connectivity index (χ1) is 11.8. The molecule has 0 radical (unpaired) electrons. The molecule has 0 spiro atoms. The zero-order valence-corrected chi connectivity index (χ0v) is 13.0. The van der Waals surface area contributed by atoms with Crippen LogP contribution in [0.5, 0.6) is 0 Å². The molecule has 0 fully saturated rings. The molecule has 3 heterocycles. The Morgan fingerprint density at radius 3 is 2.72 bits per heavy atom. The second-order valence-corrected chi connectivity index (χ2v) is 5.24. The first-order valence-electron chi connectivity index (χ1n) is 7.23. The van der Waals surface area contributed by atoms with Crippen molar-refractivity contribution < 1.29 is 22.7 Å². The first kappa shape index (κ1) is 17.0. The van der Waals surface area contributed by atoms with E-state index in [2.05, 4.69) is 15.1 Å². The van der Waals surface area contributed by atoms with E-state index in [1.54, 1.807) is 6.92 Å². The summed E-state index contributed by atoms with van der Waals surface area (Å²) in [5.41, 5.74) is -1.25. The third-order valence-electron chi connectivity index (χ3n) is 3.53. The normalized spacial score (nSPS) is 11.9. The van der Waals surface area contributed by atoms with E-state index in [4.69, 9.17) is 9.52 Å². The second kappa shape index (κ2) is 6.20. The van der Waals surface area contributed by atoms with Crippen molar-refractivity contribution >= 4 is 0 Å². The van der Waals surface area contributed by atoms with Crippen molar-refractivity contribution in [2.24, 2.45) is 0 Å². The third-order valence-corrected chi connectivity index (χ3v) is 3.53. The molecule has 0 bridgehead atoms. The van der Waals surface area contributed by atoms with Gasteiger partial charge >= 0.3 is 6.18 Å². The fraction of sp³-hybridized carbons (Fsp3) is 0.267. The molecular weight excluding hydrogens is 341 g/mol. The summed E-state index contributed by atoms with van der Waals surface area (Å²) < 4.78 is 45.4. The summed E-state index contributed by atoms with van der Waals surface area (Å²) >= 11 is 0. The predicted octanol–water partition coefficient (Wildman–Crippen LogP) is 2.08. The molecule has 0 aromatic carbocycles. The number of aliphatic hydroxyl groups is 1. The molecule has 0 saturated heterocycles. The average Bonchev–Trinajstić information content (AvgIpc) is 3.18. The molecule has 10 heteroatoms. The molecule has 2 N–H and O–H groups in total. The van der Waals surface area contributed by atoms with E-state index < -0.39 is 23.4 Å². The Balaban J connectivity index is 2.21. The van der Waals surface area contributed by atoms with Gasteiger partial charge in [-0.25, -0.2) is 9.97 Å². The van der Waals surface area contributed by atoms with Crippen molar-refractivity contribution in [3.8, 4) is 17.4 Å². The fourth-order valence-corrected chi connectivity index (χ4v) is 2.36. The number of rotatable bonds is 4. The van der Waals surface area contributed by atoms with E-state index in [9.17, 15) is 18.0 Å². The summed E-state index contributed by atoms with van der Waals surface area (Å²) in [5, 5.41) is 11.6. The Hall–Kier alpha value is -2.88. The molecule has 0 unspecified atom stereocenters. The molecular formula is C15H13F3N4O3. The van der Waals surface area contributed by atoms with Gasteiger partial charge in [0, 0.05) is 24.3 Å². The number of aromatic nitrogens is 4. The lowest BCUT2D eigenvalue weighted by Crippen LogP contribution is -2.22. The van der Waals surface area contributed by atoms with Crippen molar-refractivity contribution in [3.63, 3.8) is 0 Å². The lowest BCUT2D eigenvalue weighted by molar-refractivity contribution is -0.141. The van der Waals surface area contributed by atoms with Crippen LogP contribution in [0, 0.1) is 6.92 Å². The molecule has 3 aromatic heterocycles. The third kappa shape index (κ3) is 3.20. The number of aliphatic hydroxyl groups excluding tert-OH is 1. The van der Waals surface area contributed by atoms with Gasteiger partial charge in [-0.2, -0.15) is 17.9 Å². The lowest BCUT2D eigenvalue weighted by Gasteiger charge is -2.09. The number of hydrogen-bond acceptors (Lipinski definition) is 5. The first-order valence-corrected chi connectivity index (χ1v) is 7.23. The molecule has 0 aliphatic carbocycles. The van der Waals surface area contributed by atoms with E-state index in [-0.39, 0.29) is 30.0 Å². The van der Waals surface area contributed by atoms with Crippen molar-refractivity contribution in [1.82, 2.24) is 19.7 Å². The molecule has 0 aliphatic rings. The minimum atomic E-state index is -4.72. The predicted molar refractivity (Wildman–Crippen MR) is 80.2 cm³/mol. The quantitative estimate of drug-likeness (QED) is 0.748. The summed E-state index contributed by atoms with van der Waals surface area (Å²) in [4.78, 5) is 19.8. The van der Waals surface area contributed by atoms with Crippen LogP contribution in [0.1, 0.15) is 17.0 Å². The number of nitrogens with zero attached hydrogens (tertiary/aromatic N) is 3. The number of H-pyrrole nitrogens is 1. The van der Waals surface area contributed by atoms with E-state index in [1.165, 1.54) is 18.4 Å². The van der Waals surface area contributed by atoms with Crippen LogP contribution in [0.15, 0.2) is 33.7 Å².